The van der Waals surface area contributed by atoms with Crippen molar-refractivity contribution in [2.75, 3.05) is 5.32 Å². The van der Waals surface area contributed by atoms with Crippen molar-refractivity contribution in [2.24, 2.45) is 0 Å². The van der Waals surface area contributed by atoms with E-state index < -0.39 is 0 Å². The van der Waals surface area contributed by atoms with Gasteiger partial charge in [-0.1, -0.05) is 35.5 Å². The van der Waals surface area contributed by atoms with Gasteiger partial charge in [0.05, 0.1) is 5.02 Å². The summed E-state index contributed by atoms with van der Waals surface area (Å²) in [5.74, 6) is 1.42. The Hall–Kier alpha value is -1.50. The third-order valence-corrected chi connectivity index (χ3v) is 5.21. The first-order chi connectivity index (χ1) is 10.2. The minimum Gasteiger partial charge on any atom is -0.325 e. The van der Waals surface area contributed by atoms with Crippen molar-refractivity contribution in [1.82, 2.24) is 15.2 Å². The number of anilines is 2. The number of nitrogens with one attached hydrogen (secondary N) is 2. The van der Waals surface area contributed by atoms with Crippen LogP contribution in [-0.2, 0) is 5.75 Å². The minimum absolute atomic E-state index is 0.639. The molecule has 0 atom stereocenters. The topological polar surface area (TPSA) is 53.6 Å². The Morgan fingerprint density at radius 3 is 3.05 bits per heavy atom. The normalized spacial score (nSPS) is 10.8. The van der Waals surface area contributed by atoms with E-state index in [4.69, 9.17) is 11.6 Å². The summed E-state index contributed by atoms with van der Waals surface area (Å²) in [7, 11) is 0. The molecule has 0 fully saturated rings. The van der Waals surface area contributed by atoms with E-state index in [2.05, 4.69) is 39.6 Å². The summed E-state index contributed by atoms with van der Waals surface area (Å²) in [6.45, 7) is 2.05. The summed E-state index contributed by atoms with van der Waals surface area (Å²) in [4.78, 5) is 5.55. The highest BCUT2D eigenvalue weighted by atomic mass is 35.5. The Morgan fingerprint density at radius 2 is 2.29 bits per heavy atom. The number of benzene rings is 1. The number of rotatable bonds is 5. The van der Waals surface area contributed by atoms with E-state index in [1.165, 1.54) is 5.56 Å². The van der Waals surface area contributed by atoms with E-state index in [-0.39, 0.29) is 0 Å². The fraction of sp³-hybridized carbons (Fsp3) is 0.143. The number of aromatic amines is 1. The van der Waals surface area contributed by atoms with E-state index in [9.17, 15) is 0 Å². The summed E-state index contributed by atoms with van der Waals surface area (Å²) in [6.07, 6.45) is 0. The zero-order chi connectivity index (χ0) is 14.7. The van der Waals surface area contributed by atoms with Gasteiger partial charge < -0.3 is 5.32 Å². The molecule has 1 aromatic carbocycles. The minimum atomic E-state index is 0.639. The van der Waals surface area contributed by atoms with Crippen molar-refractivity contribution < 1.29 is 0 Å². The highest BCUT2D eigenvalue weighted by Crippen LogP contribution is 2.29. The average Bonchev–Trinajstić information content (AvgIpc) is 3.06. The van der Waals surface area contributed by atoms with Crippen LogP contribution in [0, 0.1) is 6.92 Å². The van der Waals surface area contributed by atoms with Gasteiger partial charge in [-0.15, -0.1) is 16.4 Å². The van der Waals surface area contributed by atoms with E-state index >= 15 is 0 Å². The third kappa shape index (κ3) is 3.78. The van der Waals surface area contributed by atoms with Gasteiger partial charge in [0.2, 0.25) is 11.1 Å². The predicted molar refractivity (Wildman–Crippen MR) is 89.7 cm³/mol. The van der Waals surface area contributed by atoms with Gasteiger partial charge in [0, 0.05) is 16.3 Å². The van der Waals surface area contributed by atoms with Gasteiger partial charge in [-0.3, -0.25) is 0 Å². The summed E-state index contributed by atoms with van der Waals surface area (Å²) >= 11 is 9.27. The Kier molecular flexibility index (Phi) is 4.48. The molecular formula is C14H13ClN4S2. The molecule has 0 bridgehead atoms. The van der Waals surface area contributed by atoms with Gasteiger partial charge >= 0.3 is 0 Å². The van der Waals surface area contributed by atoms with Gasteiger partial charge in [-0.25, -0.2) is 5.10 Å². The Morgan fingerprint density at radius 1 is 1.38 bits per heavy atom. The molecule has 0 aliphatic heterocycles. The molecule has 108 valence electrons. The van der Waals surface area contributed by atoms with Crippen LogP contribution in [0.3, 0.4) is 0 Å². The van der Waals surface area contributed by atoms with Crippen LogP contribution in [0.25, 0.3) is 0 Å². The molecule has 0 aliphatic rings. The maximum atomic E-state index is 6.07. The fourth-order valence-corrected chi connectivity index (χ4v) is 3.88. The summed E-state index contributed by atoms with van der Waals surface area (Å²) in [5.41, 5.74) is 2.19. The van der Waals surface area contributed by atoms with Gasteiger partial charge in [0.15, 0.2) is 0 Å². The molecular weight excluding hydrogens is 324 g/mol. The second-order valence-corrected chi connectivity index (χ2v) is 6.79. The molecule has 2 aromatic heterocycles. The van der Waals surface area contributed by atoms with Crippen LogP contribution in [0.1, 0.15) is 10.4 Å². The van der Waals surface area contributed by atoms with Gasteiger partial charge in [-0.05, 0) is 36.1 Å². The lowest BCUT2D eigenvalue weighted by Crippen LogP contribution is -1.92. The van der Waals surface area contributed by atoms with Crippen molar-refractivity contribution in [3.63, 3.8) is 0 Å². The molecule has 21 heavy (non-hydrogen) atoms. The first kappa shape index (κ1) is 14.4. The number of aryl methyl sites for hydroxylation is 1. The number of thiophene rings is 1. The first-order valence-corrected chi connectivity index (χ1v) is 8.56. The lowest BCUT2D eigenvalue weighted by Gasteiger charge is -2.02. The van der Waals surface area contributed by atoms with Crippen LogP contribution >= 0.6 is 34.7 Å². The van der Waals surface area contributed by atoms with Crippen LogP contribution in [-0.4, -0.2) is 15.2 Å². The number of aromatic nitrogens is 3. The summed E-state index contributed by atoms with van der Waals surface area (Å²) in [6, 6.07) is 10.0. The van der Waals surface area contributed by atoms with Crippen LogP contribution in [0.4, 0.5) is 11.6 Å². The molecule has 3 aromatic rings. The SMILES string of the molecule is Cc1cccc(Nc2nc(SCc3sccc3Cl)n[nH]2)c1. The number of thioether (sulfide) groups is 1. The van der Waals surface area contributed by atoms with Crippen LogP contribution in [0.5, 0.6) is 0 Å². The molecule has 3 rings (SSSR count). The zero-order valence-corrected chi connectivity index (χ0v) is 13.6. The second kappa shape index (κ2) is 6.51. The van der Waals surface area contributed by atoms with Crippen molar-refractivity contribution in [3.05, 3.63) is 51.2 Å². The smallest absolute Gasteiger partial charge is 0.223 e. The average molecular weight is 337 g/mol. The number of hydrogen-bond acceptors (Lipinski definition) is 5. The Balaban J connectivity index is 1.62. The van der Waals surface area contributed by atoms with E-state index in [0.717, 1.165) is 21.3 Å². The highest BCUT2D eigenvalue weighted by Gasteiger charge is 2.07. The second-order valence-electron chi connectivity index (χ2n) is 4.44. The Bertz CT molecular complexity index is 738. The maximum absolute atomic E-state index is 6.07. The summed E-state index contributed by atoms with van der Waals surface area (Å²) in [5, 5.41) is 13.8. The molecule has 2 heterocycles. The van der Waals surface area contributed by atoms with Crippen LogP contribution in [0.2, 0.25) is 5.02 Å². The summed E-state index contributed by atoms with van der Waals surface area (Å²) < 4.78 is 0. The van der Waals surface area contributed by atoms with Crippen LogP contribution < -0.4 is 5.32 Å². The molecule has 7 heteroatoms. The van der Waals surface area contributed by atoms with E-state index in [0.29, 0.717) is 11.1 Å². The number of nitrogens with zero attached hydrogens (tertiary/aromatic N) is 2. The number of H-pyrrole nitrogens is 1. The molecule has 0 spiro atoms. The van der Waals surface area contributed by atoms with Gasteiger partial charge in [0.1, 0.15) is 0 Å². The van der Waals surface area contributed by atoms with Crippen molar-refractivity contribution >= 4 is 46.3 Å². The van der Waals surface area contributed by atoms with Crippen molar-refractivity contribution in [1.29, 1.82) is 0 Å². The number of hydrogen-bond donors (Lipinski definition) is 2. The standard InChI is InChI=1S/C14H13ClN4S2/c1-9-3-2-4-10(7-9)16-13-17-14(19-18-13)21-8-12-11(15)5-6-20-12/h2-7H,8H2,1H3,(H2,16,17,18,19). The maximum Gasteiger partial charge on any atom is 0.223 e. The zero-order valence-electron chi connectivity index (χ0n) is 11.3. The molecule has 0 saturated carbocycles. The lowest BCUT2D eigenvalue weighted by molar-refractivity contribution is 0.973. The third-order valence-electron chi connectivity index (χ3n) is 2.77. The molecule has 0 aliphatic carbocycles. The number of halogens is 1. The van der Waals surface area contributed by atoms with Crippen molar-refractivity contribution in [2.45, 2.75) is 17.8 Å². The van der Waals surface area contributed by atoms with Crippen LogP contribution in [0.15, 0.2) is 40.9 Å². The monoisotopic (exact) mass is 336 g/mol. The molecule has 2 N–H and O–H groups in total. The molecule has 0 saturated heterocycles. The van der Waals surface area contributed by atoms with E-state index in [1.807, 2.05) is 23.6 Å². The van der Waals surface area contributed by atoms with E-state index in [1.54, 1.807) is 23.1 Å². The molecule has 4 nitrogen and oxygen atoms in total. The molecule has 0 radical (unpaired) electrons. The Labute approximate surface area is 136 Å². The van der Waals surface area contributed by atoms with Gasteiger partial charge in [-0.2, -0.15) is 4.98 Å². The lowest BCUT2D eigenvalue weighted by atomic mass is 10.2. The fourth-order valence-electron chi connectivity index (χ4n) is 1.78. The van der Waals surface area contributed by atoms with Crippen molar-refractivity contribution in [3.8, 4) is 0 Å². The molecule has 0 amide bonds. The molecule has 0 unspecified atom stereocenters. The highest BCUT2D eigenvalue weighted by molar-refractivity contribution is 7.98. The largest absolute Gasteiger partial charge is 0.325 e. The van der Waals surface area contributed by atoms with Gasteiger partial charge in [0.25, 0.3) is 0 Å². The first-order valence-electron chi connectivity index (χ1n) is 6.31. The quantitative estimate of drug-likeness (QED) is 0.653. The predicted octanol–water partition coefficient (Wildman–Crippen LogP) is 4.86.